The molecule has 0 bridgehead atoms. The lowest BCUT2D eigenvalue weighted by molar-refractivity contribution is -0.137. The van der Waals surface area contributed by atoms with Crippen LogP contribution in [0.25, 0.3) is 0 Å². The molecule has 0 unspecified atom stereocenters. The zero-order valence-corrected chi connectivity index (χ0v) is 21.9. The molecule has 8 nitrogen and oxygen atoms in total. The summed E-state index contributed by atoms with van der Waals surface area (Å²) in [4.78, 5) is 38.8. The average molecular weight is 516 g/mol. The Bertz CT molecular complexity index is 1350. The highest BCUT2D eigenvalue weighted by Gasteiger charge is 2.24. The number of carbonyl (C=O) groups excluding carboxylic acids is 2. The lowest BCUT2D eigenvalue weighted by atomic mass is 9.92. The second-order valence-corrected chi connectivity index (χ2v) is 9.64. The van der Waals surface area contributed by atoms with E-state index >= 15 is 0 Å². The molecular weight excluding hydrogens is 482 g/mol. The molecule has 1 atom stereocenters. The Balaban J connectivity index is 1.45. The minimum Gasteiger partial charge on any atom is -0.495 e. The van der Waals surface area contributed by atoms with Crippen LogP contribution in [0.3, 0.4) is 0 Å². The van der Waals surface area contributed by atoms with Gasteiger partial charge in [0.25, 0.3) is 0 Å². The predicted octanol–water partition coefficient (Wildman–Crippen LogP) is 5.75. The molecule has 0 fully saturated rings. The molecule has 3 amide bonds. The molecule has 0 spiro atoms. The molecular formula is C30H33N3O5. The molecule has 8 heteroatoms. The van der Waals surface area contributed by atoms with Gasteiger partial charge in [-0.3, -0.25) is 9.59 Å². The minimum atomic E-state index is -0.824. The first-order valence-corrected chi connectivity index (χ1v) is 12.7. The molecule has 198 valence electrons. The van der Waals surface area contributed by atoms with Crippen LogP contribution >= 0.6 is 0 Å². The number of hydrogen-bond donors (Lipinski definition) is 3. The number of aliphatic carboxylic acids is 1. The highest BCUT2D eigenvalue weighted by atomic mass is 16.5. The number of methoxy groups -OCH3 is 1. The molecule has 0 radical (unpaired) electrons. The summed E-state index contributed by atoms with van der Waals surface area (Å²) in [6, 6.07) is 18.3. The summed E-state index contributed by atoms with van der Waals surface area (Å²) in [5.74, 6) is -0.485. The number of carboxylic acids is 1. The van der Waals surface area contributed by atoms with Crippen molar-refractivity contribution in [1.29, 1.82) is 0 Å². The van der Waals surface area contributed by atoms with Crippen LogP contribution in [0.15, 0.2) is 60.7 Å². The van der Waals surface area contributed by atoms with Crippen molar-refractivity contribution in [2.24, 2.45) is 0 Å². The maximum absolute atomic E-state index is 13.3. The van der Waals surface area contributed by atoms with Gasteiger partial charge in [-0.15, -0.1) is 0 Å². The summed E-state index contributed by atoms with van der Waals surface area (Å²) >= 11 is 0. The molecule has 1 heterocycles. The molecule has 0 saturated carbocycles. The van der Waals surface area contributed by atoms with E-state index in [-0.39, 0.29) is 30.7 Å². The van der Waals surface area contributed by atoms with Gasteiger partial charge < -0.3 is 25.4 Å². The van der Waals surface area contributed by atoms with E-state index in [9.17, 15) is 14.4 Å². The van der Waals surface area contributed by atoms with Gasteiger partial charge in [0.2, 0.25) is 5.91 Å². The minimum absolute atomic E-state index is 0.0302. The largest absolute Gasteiger partial charge is 0.495 e. The summed E-state index contributed by atoms with van der Waals surface area (Å²) in [6.07, 6.45) is 1.95. The molecule has 3 N–H and O–H groups in total. The fourth-order valence-electron chi connectivity index (χ4n) is 4.77. The first-order valence-electron chi connectivity index (χ1n) is 12.7. The number of ether oxygens (including phenoxy) is 1. The van der Waals surface area contributed by atoms with E-state index in [4.69, 9.17) is 9.84 Å². The third kappa shape index (κ3) is 6.32. The van der Waals surface area contributed by atoms with E-state index in [2.05, 4.69) is 10.6 Å². The van der Waals surface area contributed by atoms with E-state index in [1.807, 2.05) is 62.4 Å². The Morgan fingerprint density at radius 2 is 1.79 bits per heavy atom. The number of anilines is 3. The number of nitrogens with one attached hydrogen (secondary N) is 2. The summed E-state index contributed by atoms with van der Waals surface area (Å²) in [5.41, 5.74) is 5.86. The number of aryl methyl sites for hydroxylation is 2. The van der Waals surface area contributed by atoms with Crippen molar-refractivity contribution < 1.29 is 24.2 Å². The summed E-state index contributed by atoms with van der Waals surface area (Å²) in [7, 11) is 1.52. The number of fused-ring (bicyclic) bond motifs is 1. The van der Waals surface area contributed by atoms with Gasteiger partial charge in [-0.05, 0) is 72.2 Å². The molecule has 3 aromatic carbocycles. The Hall–Kier alpha value is -4.33. The van der Waals surface area contributed by atoms with Gasteiger partial charge in [0.05, 0.1) is 25.6 Å². The quantitative estimate of drug-likeness (QED) is 0.354. The molecule has 0 aromatic heterocycles. The van der Waals surface area contributed by atoms with Gasteiger partial charge >= 0.3 is 12.0 Å². The Morgan fingerprint density at radius 3 is 2.53 bits per heavy atom. The second kappa shape index (κ2) is 11.8. The summed E-state index contributed by atoms with van der Waals surface area (Å²) in [5, 5.41) is 14.8. The highest BCUT2D eigenvalue weighted by Crippen LogP contribution is 2.32. The molecule has 0 saturated heterocycles. The van der Waals surface area contributed by atoms with E-state index in [1.165, 1.54) is 7.11 Å². The molecule has 1 aliphatic heterocycles. The number of carbonyl (C=O) groups is 3. The molecule has 3 aromatic rings. The topological polar surface area (TPSA) is 108 Å². The van der Waals surface area contributed by atoms with E-state index in [0.29, 0.717) is 18.0 Å². The van der Waals surface area contributed by atoms with E-state index in [1.54, 1.807) is 17.0 Å². The molecule has 38 heavy (non-hydrogen) atoms. The first-order chi connectivity index (χ1) is 18.2. The van der Waals surface area contributed by atoms with Crippen molar-refractivity contribution in [3.05, 3.63) is 82.9 Å². The fraction of sp³-hybridized carbons (Fsp3) is 0.300. The number of benzene rings is 3. The van der Waals surface area contributed by atoms with Gasteiger partial charge in [-0.2, -0.15) is 0 Å². The number of nitrogens with zero attached hydrogens (tertiary/aromatic N) is 1. The number of carboxylic acid groups (broad SMARTS) is 1. The average Bonchev–Trinajstić information content (AvgIpc) is 2.89. The van der Waals surface area contributed by atoms with Crippen LogP contribution in [0, 0.1) is 6.92 Å². The van der Waals surface area contributed by atoms with Crippen molar-refractivity contribution >= 4 is 35.0 Å². The maximum Gasteiger partial charge on any atom is 0.323 e. The number of para-hydroxylation sites is 1. The van der Waals surface area contributed by atoms with Crippen molar-refractivity contribution in [2.75, 3.05) is 29.2 Å². The van der Waals surface area contributed by atoms with Gasteiger partial charge in [-0.1, -0.05) is 43.3 Å². The highest BCUT2D eigenvalue weighted by molar-refractivity contribution is 6.01. The first kappa shape index (κ1) is 26.7. The van der Waals surface area contributed by atoms with Crippen molar-refractivity contribution in [1.82, 2.24) is 0 Å². The smallest absolute Gasteiger partial charge is 0.323 e. The fourth-order valence-corrected chi connectivity index (χ4v) is 4.77. The number of rotatable bonds is 8. The molecule has 1 aliphatic rings. The Kier molecular flexibility index (Phi) is 8.31. The third-order valence-electron chi connectivity index (χ3n) is 6.84. The third-order valence-corrected chi connectivity index (χ3v) is 6.84. The van der Waals surface area contributed by atoms with Crippen LogP contribution in [0.1, 0.15) is 47.9 Å². The van der Waals surface area contributed by atoms with Crippen LogP contribution in [0.5, 0.6) is 5.75 Å². The maximum atomic E-state index is 13.3. The number of hydrogen-bond acceptors (Lipinski definition) is 4. The van der Waals surface area contributed by atoms with Crippen molar-refractivity contribution in [3.63, 3.8) is 0 Å². The summed E-state index contributed by atoms with van der Waals surface area (Å²) in [6.45, 7) is 4.45. The zero-order chi connectivity index (χ0) is 27.2. The van der Waals surface area contributed by atoms with Crippen LogP contribution in [-0.4, -0.2) is 36.7 Å². The molecule has 4 rings (SSSR count). The van der Waals surface area contributed by atoms with Gasteiger partial charge in [-0.25, -0.2) is 4.79 Å². The van der Waals surface area contributed by atoms with Crippen LogP contribution < -0.4 is 20.3 Å². The van der Waals surface area contributed by atoms with E-state index in [0.717, 1.165) is 46.5 Å². The van der Waals surface area contributed by atoms with Gasteiger partial charge in [0.1, 0.15) is 5.75 Å². The lowest BCUT2D eigenvalue weighted by Gasteiger charge is -2.30. The van der Waals surface area contributed by atoms with Crippen LogP contribution in [0.4, 0.5) is 21.9 Å². The molecule has 0 aliphatic carbocycles. The predicted molar refractivity (Wildman–Crippen MR) is 148 cm³/mol. The van der Waals surface area contributed by atoms with Gasteiger partial charge in [0, 0.05) is 17.9 Å². The SMILES string of the molecule is COc1cc(CC(=O)N2CCCc3cc([C@H](C)CC(=O)O)ccc32)ccc1NC(=O)Nc1ccccc1C. The van der Waals surface area contributed by atoms with Crippen molar-refractivity contribution in [2.45, 2.75) is 45.4 Å². The summed E-state index contributed by atoms with van der Waals surface area (Å²) < 4.78 is 5.50. The number of amides is 3. The lowest BCUT2D eigenvalue weighted by Crippen LogP contribution is -2.36. The Labute approximate surface area is 222 Å². The second-order valence-electron chi connectivity index (χ2n) is 9.64. The number of urea groups is 1. The van der Waals surface area contributed by atoms with Crippen LogP contribution in [0.2, 0.25) is 0 Å². The van der Waals surface area contributed by atoms with Crippen molar-refractivity contribution in [3.8, 4) is 5.75 Å². The zero-order valence-electron chi connectivity index (χ0n) is 21.9. The standard InChI is InChI=1S/C30H33N3O5/c1-19-7-4-5-9-24(19)31-30(37)32-25-12-10-21(16-27(25)38-3)17-28(34)33-14-6-8-23-18-22(11-13-26(23)33)20(2)15-29(35)36/h4-5,7,9-13,16,18,20H,6,8,14-15,17H2,1-3H3,(H,35,36)(H2,31,32,37)/t20-/m1/s1. The monoisotopic (exact) mass is 515 g/mol. The normalized spacial score (nSPS) is 13.3. The Morgan fingerprint density at radius 1 is 1.03 bits per heavy atom. The van der Waals surface area contributed by atoms with Gasteiger partial charge in [0.15, 0.2) is 0 Å². The van der Waals surface area contributed by atoms with E-state index < -0.39 is 5.97 Å². The van der Waals surface area contributed by atoms with Crippen LogP contribution in [-0.2, 0) is 22.4 Å².